The van der Waals surface area contributed by atoms with Crippen molar-refractivity contribution in [3.63, 3.8) is 0 Å². The zero-order chi connectivity index (χ0) is 14.9. The van der Waals surface area contributed by atoms with Gasteiger partial charge in [0.05, 0.1) is 11.0 Å². The van der Waals surface area contributed by atoms with Crippen LogP contribution < -0.4 is 5.73 Å². The van der Waals surface area contributed by atoms with Gasteiger partial charge in [-0.25, -0.2) is 4.39 Å². The Labute approximate surface area is 121 Å². The van der Waals surface area contributed by atoms with E-state index in [9.17, 15) is 14.0 Å². The highest BCUT2D eigenvalue weighted by molar-refractivity contribution is 6.31. The van der Waals surface area contributed by atoms with Crippen molar-refractivity contribution in [3.05, 3.63) is 34.6 Å². The monoisotopic (exact) mass is 298 g/mol. The Morgan fingerprint density at radius 3 is 2.80 bits per heavy atom. The van der Waals surface area contributed by atoms with E-state index in [1.165, 1.54) is 17.0 Å². The summed E-state index contributed by atoms with van der Waals surface area (Å²) in [6, 6.07) is 3.85. The Balaban J connectivity index is 2.25. The summed E-state index contributed by atoms with van der Waals surface area (Å²) in [5.41, 5.74) is 4.55. The van der Waals surface area contributed by atoms with E-state index in [2.05, 4.69) is 0 Å². The normalized spacial score (nSPS) is 22.6. The molecule has 1 heterocycles. The van der Waals surface area contributed by atoms with Gasteiger partial charge in [0.25, 0.3) is 5.91 Å². The lowest BCUT2D eigenvalue weighted by atomic mass is 9.81. The molecule has 0 aliphatic carbocycles. The third kappa shape index (κ3) is 2.77. The van der Waals surface area contributed by atoms with Crippen molar-refractivity contribution < 1.29 is 14.0 Å². The predicted octanol–water partition coefficient (Wildman–Crippen LogP) is 2.21. The van der Waals surface area contributed by atoms with E-state index in [1.54, 1.807) is 6.92 Å². The highest BCUT2D eigenvalue weighted by Crippen LogP contribution is 2.30. The molecule has 0 radical (unpaired) electrons. The predicted molar refractivity (Wildman–Crippen MR) is 73.8 cm³/mol. The fourth-order valence-corrected chi connectivity index (χ4v) is 2.62. The average molecular weight is 299 g/mol. The number of amides is 2. The molecule has 1 fully saturated rings. The van der Waals surface area contributed by atoms with Gasteiger partial charge < -0.3 is 10.6 Å². The van der Waals surface area contributed by atoms with Gasteiger partial charge in [-0.05, 0) is 38.0 Å². The molecule has 6 heteroatoms. The maximum Gasteiger partial charge on any atom is 0.256 e. The highest BCUT2D eigenvalue weighted by Gasteiger charge is 2.38. The van der Waals surface area contributed by atoms with Crippen LogP contribution in [0, 0.1) is 11.2 Å². The van der Waals surface area contributed by atoms with E-state index in [0.29, 0.717) is 24.4 Å². The van der Waals surface area contributed by atoms with E-state index in [4.69, 9.17) is 17.3 Å². The molecular formula is C14H16ClFN2O2. The van der Waals surface area contributed by atoms with Crippen molar-refractivity contribution in [3.8, 4) is 0 Å². The Morgan fingerprint density at radius 2 is 2.15 bits per heavy atom. The molecule has 1 aromatic carbocycles. The van der Waals surface area contributed by atoms with Crippen LogP contribution in [0.25, 0.3) is 0 Å². The molecule has 4 nitrogen and oxygen atoms in total. The second-order valence-electron chi connectivity index (χ2n) is 5.38. The van der Waals surface area contributed by atoms with Gasteiger partial charge in [0.1, 0.15) is 5.82 Å². The zero-order valence-corrected chi connectivity index (χ0v) is 11.9. The molecule has 108 valence electrons. The van der Waals surface area contributed by atoms with Gasteiger partial charge in [-0.3, -0.25) is 9.59 Å². The van der Waals surface area contributed by atoms with Crippen LogP contribution in [0.5, 0.6) is 0 Å². The lowest BCUT2D eigenvalue weighted by Gasteiger charge is -2.38. The summed E-state index contributed by atoms with van der Waals surface area (Å²) in [5.74, 6) is -1.52. The number of hydrogen-bond donors (Lipinski definition) is 1. The topological polar surface area (TPSA) is 63.4 Å². The minimum absolute atomic E-state index is 0.0776. The highest BCUT2D eigenvalue weighted by atomic mass is 35.5. The first-order valence-corrected chi connectivity index (χ1v) is 6.75. The maximum absolute atomic E-state index is 13.7. The molecule has 2 amide bonds. The number of halogens is 2. The number of carbonyl (C=O) groups excluding carboxylic acids is 2. The van der Waals surface area contributed by atoms with E-state index >= 15 is 0 Å². The molecule has 1 aromatic rings. The summed E-state index contributed by atoms with van der Waals surface area (Å²) in [5, 5.41) is 0.296. The van der Waals surface area contributed by atoms with E-state index in [0.717, 1.165) is 6.07 Å². The Morgan fingerprint density at radius 1 is 1.45 bits per heavy atom. The van der Waals surface area contributed by atoms with Gasteiger partial charge in [0.2, 0.25) is 5.91 Å². The molecule has 1 saturated heterocycles. The van der Waals surface area contributed by atoms with E-state index in [-0.39, 0.29) is 12.1 Å². The van der Waals surface area contributed by atoms with Crippen LogP contribution in [-0.4, -0.2) is 29.8 Å². The summed E-state index contributed by atoms with van der Waals surface area (Å²) < 4.78 is 13.7. The van der Waals surface area contributed by atoms with Crippen LogP contribution in [0.4, 0.5) is 4.39 Å². The first-order chi connectivity index (χ1) is 9.33. The van der Waals surface area contributed by atoms with Gasteiger partial charge in [-0.15, -0.1) is 0 Å². The molecule has 0 aromatic heterocycles. The van der Waals surface area contributed by atoms with Gasteiger partial charge >= 0.3 is 0 Å². The van der Waals surface area contributed by atoms with Crippen LogP contribution in [0.3, 0.4) is 0 Å². The standard InChI is InChI=1S/C14H16ClFN2O2/c1-14(13(17)20)5-2-6-18(8-14)12(19)10-7-9(15)3-4-11(10)16/h3-4,7H,2,5-6,8H2,1H3,(H2,17,20). The zero-order valence-electron chi connectivity index (χ0n) is 11.2. The average Bonchev–Trinajstić information content (AvgIpc) is 2.40. The number of benzene rings is 1. The van der Waals surface area contributed by atoms with Crippen molar-refractivity contribution in [1.29, 1.82) is 0 Å². The molecule has 1 aliphatic heterocycles. The van der Waals surface area contributed by atoms with Crippen molar-refractivity contribution >= 4 is 23.4 Å². The number of piperidine rings is 1. The second kappa shape index (κ2) is 5.40. The molecule has 2 N–H and O–H groups in total. The Kier molecular flexibility index (Phi) is 3.99. The first-order valence-electron chi connectivity index (χ1n) is 6.38. The third-order valence-electron chi connectivity index (χ3n) is 3.74. The van der Waals surface area contributed by atoms with Gasteiger partial charge in [0.15, 0.2) is 0 Å². The van der Waals surface area contributed by atoms with Crippen LogP contribution in [0.2, 0.25) is 5.02 Å². The van der Waals surface area contributed by atoms with E-state index in [1.807, 2.05) is 0 Å². The van der Waals surface area contributed by atoms with Gasteiger partial charge in [-0.2, -0.15) is 0 Å². The smallest absolute Gasteiger partial charge is 0.256 e. The van der Waals surface area contributed by atoms with Crippen molar-refractivity contribution in [2.24, 2.45) is 11.1 Å². The number of rotatable bonds is 2. The first kappa shape index (κ1) is 14.8. The number of primary amides is 1. The molecule has 0 saturated carbocycles. The number of likely N-dealkylation sites (tertiary alicyclic amines) is 1. The van der Waals surface area contributed by atoms with Crippen LogP contribution in [-0.2, 0) is 4.79 Å². The quantitative estimate of drug-likeness (QED) is 0.910. The second-order valence-corrected chi connectivity index (χ2v) is 5.82. The fraction of sp³-hybridized carbons (Fsp3) is 0.429. The summed E-state index contributed by atoms with van der Waals surface area (Å²) in [6.45, 7) is 2.41. The van der Waals surface area contributed by atoms with Crippen molar-refractivity contribution in [2.75, 3.05) is 13.1 Å². The molecule has 0 spiro atoms. The lowest BCUT2D eigenvalue weighted by molar-refractivity contribution is -0.129. The molecular weight excluding hydrogens is 283 g/mol. The summed E-state index contributed by atoms with van der Waals surface area (Å²) in [4.78, 5) is 25.3. The van der Waals surface area contributed by atoms with Crippen LogP contribution in [0.1, 0.15) is 30.1 Å². The third-order valence-corrected chi connectivity index (χ3v) is 3.97. The largest absolute Gasteiger partial charge is 0.369 e. The number of nitrogens with zero attached hydrogens (tertiary/aromatic N) is 1. The number of nitrogens with two attached hydrogens (primary N) is 1. The SMILES string of the molecule is CC1(C(N)=O)CCCN(C(=O)c2cc(Cl)ccc2F)C1. The van der Waals surface area contributed by atoms with Gasteiger partial charge in [0, 0.05) is 18.1 Å². The molecule has 2 rings (SSSR count). The van der Waals surface area contributed by atoms with Crippen LogP contribution >= 0.6 is 11.6 Å². The maximum atomic E-state index is 13.7. The summed E-state index contributed by atoms with van der Waals surface area (Å²) in [6.07, 6.45) is 1.29. The fourth-order valence-electron chi connectivity index (χ4n) is 2.45. The minimum atomic E-state index is -0.761. The molecule has 0 bridgehead atoms. The molecule has 1 unspecified atom stereocenters. The van der Waals surface area contributed by atoms with Crippen molar-refractivity contribution in [2.45, 2.75) is 19.8 Å². The van der Waals surface area contributed by atoms with Crippen molar-refractivity contribution in [1.82, 2.24) is 4.90 Å². The molecule has 20 heavy (non-hydrogen) atoms. The Hall–Kier alpha value is -1.62. The van der Waals surface area contributed by atoms with Crippen LogP contribution in [0.15, 0.2) is 18.2 Å². The lowest BCUT2D eigenvalue weighted by Crippen LogP contribution is -2.50. The van der Waals surface area contributed by atoms with Gasteiger partial charge in [-0.1, -0.05) is 11.6 Å². The Bertz CT molecular complexity index is 564. The summed E-state index contributed by atoms with van der Waals surface area (Å²) in [7, 11) is 0. The van der Waals surface area contributed by atoms with E-state index < -0.39 is 23.0 Å². The summed E-state index contributed by atoms with van der Waals surface area (Å²) >= 11 is 5.79. The number of carbonyl (C=O) groups is 2. The molecule has 1 atom stereocenters. The number of hydrogen-bond acceptors (Lipinski definition) is 2. The minimum Gasteiger partial charge on any atom is -0.369 e. The molecule has 1 aliphatic rings.